The van der Waals surface area contributed by atoms with E-state index in [1.807, 2.05) is 54.9 Å². The predicted octanol–water partition coefficient (Wildman–Crippen LogP) is 8.27. The first-order chi connectivity index (χ1) is 22.6. The quantitative estimate of drug-likeness (QED) is 0.133. The number of hydrogen-bond acceptors (Lipinski definition) is 5. The van der Waals surface area contributed by atoms with E-state index in [9.17, 15) is 0 Å². The van der Waals surface area contributed by atoms with Crippen molar-refractivity contribution in [3.63, 3.8) is 0 Å². The van der Waals surface area contributed by atoms with Crippen LogP contribution in [0, 0.1) is 32.6 Å². The number of benzene rings is 5. The average molecular weight is 790 g/mol. The second-order valence-electron chi connectivity index (χ2n) is 11.2. The van der Waals surface area contributed by atoms with Crippen LogP contribution in [0.3, 0.4) is 0 Å². The summed E-state index contributed by atoms with van der Waals surface area (Å²) in [6, 6.07) is 34.8. The molecule has 0 saturated heterocycles. The summed E-state index contributed by atoms with van der Waals surface area (Å²) in [5.74, 6) is 1.77. The van der Waals surface area contributed by atoms with Crippen LogP contribution in [0.1, 0.15) is 11.1 Å². The minimum Gasteiger partial charge on any atom is -0.503 e. The van der Waals surface area contributed by atoms with Crippen molar-refractivity contribution in [1.29, 1.82) is 0 Å². The van der Waals surface area contributed by atoms with Crippen LogP contribution < -0.4 is 4.74 Å². The van der Waals surface area contributed by atoms with E-state index in [2.05, 4.69) is 91.9 Å². The number of fused-ring (bicyclic) bond motifs is 9. The van der Waals surface area contributed by atoms with Gasteiger partial charge in [0, 0.05) is 34.9 Å². The molecule has 0 spiro atoms. The van der Waals surface area contributed by atoms with Crippen molar-refractivity contribution in [2.75, 3.05) is 0 Å². The summed E-state index contributed by atoms with van der Waals surface area (Å²) >= 11 is 0. The maximum Gasteiger partial charge on any atom is 2.00 e. The maximum atomic E-state index is 7.74. The van der Waals surface area contributed by atoms with Crippen molar-refractivity contribution < 1.29 is 25.8 Å². The molecule has 0 radical (unpaired) electrons. The fourth-order valence-corrected chi connectivity index (χ4v) is 6.58. The van der Waals surface area contributed by atoms with Gasteiger partial charge in [0.15, 0.2) is 5.69 Å². The van der Waals surface area contributed by atoms with E-state index < -0.39 is 0 Å². The first-order valence-corrected chi connectivity index (χ1v) is 14.7. The molecule has 0 N–H and O–H groups in total. The second kappa shape index (κ2) is 10.9. The van der Waals surface area contributed by atoms with Crippen LogP contribution in [0.2, 0.25) is 0 Å². The molecule has 0 aliphatic rings. The van der Waals surface area contributed by atoms with Crippen molar-refractivity contribution in [2.45, 2.75) is 13.8 Å². The number of rotatable bonds is 4. The number of nitrogens with zero attached hydrogens (tertiary/aromatic N) is 8. The molecule has 10 heteroatoms. The van der Waals surface area contributed by atoms with Crippen LogP contribution in [-0.2, 0) is 21.1 Å². The van der Waals surface area contributed by atoms with Crippen molar-refractivity contribution in [3.05, 3.63) is 132 Å². The van der Waals surface area contributed by atoms with E-state index in [1.54, 1.807) is 10.6 Å². The number of aromatic nitrogens is 7. The first kappa shape index (κ1) is 28.6. The molecule has 9 rings (SSSR count). The van der Waals surface area contributed by atoms with Gasteiger partial charge < -0.3 is 9.30 Å². The number of para-hydroxylation sites is 2. The molecule has 226 valence electrons. The van der Waals surface area contributed by atoms with Gasteiger partial charge in [0.1, 0.15) is 5.65 Å². The molecule has 0 atom stereocenters. The van der Waals surface area contributed by atoms with Gasteiger partial charge in [-0.1, -0.05) is 65.5 Å². The van der Waals surface area contributed by atoms with Crippen LogP contribution >= 0.6 is 0 Å². The Balaban J connectivity index is 0.00000324. The summed E-state index contributed by atoms with van der Waals surface area (Å²) in [5, 5.41) is 16.8. The van der Waals surface area contributed by atoms with Crippen LogP contribution in [0.5, 0.6) is 11.5 Å². The Bertz CT molecular complexity index is 2710. The fourth-order valence-electron chi connectivity index (χ4n) is 6.58. The van der Waals surface area contributed by atoms with Crippen molar-refractivity contribution in [3.8, 4) is 23.1 Å². The number of pyridine rings is 1. The molecule has 0 fully saturated rings. The molecular weight excluding hydrogens is 768 g/mol. The molecule has 0 saturated carbocycles. The SMILES string of the molecule is [C-]#[N+]c1cccc2c1c1ccc(Oc3[c-]c4c(cc3)c3ccccc3n4-c3nccn3-c3c(C)cccc3C)[c-]c1c1nnnn21.[Pt+2]. The van der Waals surface area contributed by atoms with Gasteiger partial charge in [-0.25, -0.2) is 14.3 Å². The van der Waals surface area contributed by atoms with Crippen molar-refractivity contribution in [1.82, 2.24) is 34.2 Å². The molecule has 5 aromatic carbocycles. The van der Waals surface area contributed by atoms with Crippen LogP contribution in [-0.4, -0.2) is 34.2 Å². The van der Waals surface area contributed by atoms with E-state index in [0.29, 0.717) is 28.2 Å². The zero-order chi connectivity index (χ0) is 30.9. The van der Waals surface area contributed by atoms with Crippen LogP contribution in [0.25, 0.3) is 65.6 Å². The van der Waals surface area contributed by atoms with Gasteiger partial charge in [-0.05, 0) is 58.3 Å². The Morgan fingerprint density at radius 2 is 1.53 bits per heavy atom. The fraction of sp³-hybridized carbons (Fsp3) is 0.0541. The number of tetrazole rings is 1. The van der Waals surface area contributed by atoms with Gasteiger partial charge in [0.2, 0.25) is 5.95 Å². The molecule has 4 heterocycles. The number of hydrogen-bond donors (Lipinski definition) is 0. The topological polar surface area (TPSA) is 79.4 Å². The van der Waals surface area contributed by atoms with E-state index >= 15 is 0 Å². The Hall–Kier alpha value is -5.84. The molecule has 4 aromatic heterocycles. The Labute approximate surface area is 282 Å². The van der Waals surface area contributed by atoms with Gasteiger partial charge >= 0.3 is 21.1 Å². The zero-order valence-corrected chi connectivity index (χ0v) is 27.3. The van der Waals surface area contributed by atoms with Crippen molar-refractivity contribution >= 4 is 54.8 Å². The number of aryl methyl sites for hydroxylation is 2. The van der Waals surface area contributed by atoms with Crippen LogP contribution in [0.15, 0.2) is 97.3 Å². The third-order valence-corrected chi connectivity index (χ3v) is 8.53. The van der Waals surface area contributed by atoms with E-state index in [-0.39, 0.29) is 21.1 Å². The average Bonchev–Trinajstić information content (AvgIpc) is 3.82. The maximum absolute atomic E-state index is 7.74. The molecule has 0 aliphatic carbocycles. The Morgan fingerprint density at radius 1 is 0.787 bits per heavy atom. The Morgan fingerprint density at radius 3 is 2.36 bits per heavy atom. The molecule has 0 bridgehead atoms. The monoisotopic (exact) mass is 789 g/mol. The summed E-state index contributed by atoms with van der Waals surface area (Å²) in [6.07, 6.45) is 3.83. The molecule has 0 aliphatic heterocycles. The van der Waals surface area contributed by atoms with Gasteiger partial charge in [0.05, 0.1) is 12.3 Å². The van der Waals surface area contributed by atoms with Gasteiger partial charge in [0.25, 0.3) is 0 Å². The molecule has 0 amide bonds. The zero-order valence-electron chi connectivity index (χ0n) is 25.0. The number of imidazole rings is 1. The third kappa shape index (κ3) is 4.26. The van der Waals surface area contributed by atoms with Crippen LogP contribution in [0.4, 0.5) is 5.69 Å². The largest absolute Gasteiger partial charge is 2.00 e. The van der Waals surface area contributed by atoms with E-state index in [0.717, 1.165) is 60.9 Å². The number of ether oxygens (including phenoxy) is 1. The molecular formula is C37H22N8OPt. The summed E-state index contributed by atoms with van der Waals surface area (Å²) in [6.45, 7) is 12.0. The van der Waals surface area contributed by atoms with Crippen molar-refractivity contribution in [2.24, 2.45) is 0 Å². The molecule has 0 unspecified atom stereocenters. The van der Waals surface area contributed by atoms with E-state index in [4.69, 9.17) is 16.3 Å². The molecule has 9 nitrogen and oxygen atoms in total. The minimum absolute atomic E-state index is 0. The van der Waals surface area contributed by atoms with Gasteiger partial charge in [-0.15, -0.1) is 35.0 Å². The smallest absolute Gasteiger partial charge is 0.503 e. The standard InChI is InChI=1S/C37H22N8O.Pt/c1-22-8-6-9-23(2)35(22)43-19-18-39-37(43)44-31-12-5-4-10-26(31)27-16-14-25(21-33(27)44)46-24-15-17-28-29(20-24)36-40-41-42-45(36)32-13-7-11-30(38-3)34(28)32;/h4-19H,1-2H3;/q-2;+2. The minimum atomic E-state index is 0. The summed E-state index contributed by atoms with van der Waals surface area (Å²) in [7, 11) is 0. The van der Waals surface area contributed by atoms with Gasteiger partial charge in [-0.3, -0.25) is 4.57 Å². The molecule has 47 heavy (non-hydrogen) atoms. The Kier molecular flexibility index (Phi) is 6.64. The molecule has 9 aromatic rings. The summed E-state index contributed by atoms with van der Waals surface area (Å²) < 4.78 is 12.3. The predicted molar refractivity (Wildman–Crippen MR) is 177 cm³/mol. The van der Waals surface area contributed by atoms with E-state index in [1.165, 1.54) is 0 Å². The first-order valence-electron chi connectivity index (χ1n) is 14.7. The second-order valence-corrected chi connectivity index (χ2v) is 11.2. The third-order valence-electron chi connectivity index (χ3n) is 8.53. The summed E-state index contributed by atoms with van der Waals surface area (Å²) in [5.41, 5.74) is 7.10. The van der Waals surface area contributed by atoms with Gasteiger partial charge in [-0.2, -0.15) is 11.2 Å². The summed E-state index contributed by atoms with van der Waals surface area (Å²) in [4.78, 5) is 8.60. The normalized spacial score (nSPS) is 11.4.